The topological polar surface area (TPSA) is 47.0 Å². The van der Waals surface area contributed by atoms with Crippen molar-refractivity contribution in [2.24, 2.45) is 0 Å². The molecule has 6 heteroatoms. The number of aryl methyl sites for hydroxylation is 1. The van der Waals surface area contributed by atoms with Crippen molar-refractivity contribution in [3.8, 4) is 11.6 Å². The molecule has 1 heterocycles. The second-order valence-corrected chi connectivity index (χ2v) is 4.98. The fraction of sp³-hybridized carbons (Fsp3) is 0.286. The molecule has 106 valence electrons. The van der Waals surface area contributed by atoms with Crippen LogP contribution in [0.5, 0.6) is 11.6 Å². The second kappa shape index (κ2) is 6.65. The van der Waals surface area contributed by atoms with E-state index in [-0.39, 0.29) is 5.75 Å². The summed E-state index contributed by atoms with van der Waals surface area (Å²) in [6.45, 7) is 4.67. The average Bonchev–Trinajstić information content (AvgIpc) is 2.42. The molecule has 0 amide bonds. The number of anilines is 1. The molecular weight excluding hydrogens is 325 g/mol. The first-order chi connectivity index (χ1) is 9.62. The third kappa shape index (κ3) is 3.66. The first-order valence-electron chi connectivity index (χ1n) is 6.37. The van der Waals surface area contributed by atoms with Gasteiger partial charge in [0.2, 0.25) is 5.88 Å². The van der Waals surface area contributed by atoms with Crippen molar-refractivity contribution in [2.75, 3.05) is 11.9 Å². The zero-order valence-corrected chi connectivity index (χ0v) is 12.9. The largest absolute Gasteiger partial charge is 0.436 e. The smallest absolute Gasteiger partial charge is 0.224 e. The normalized spacial score (nSPS) is 10.4. The molecule has 0 atom stereocenters. The molecule has 1 aromatic heterocycles. The first-order valence-corrected chi connectivity index (χ1v) is 7.16. The lowest BCUT2D eigenvalue weighted by Gasteiger charge is -2.10. The number of aromatic nitrogens is 2. The number of benzene rings is 1. The molecule has 20 heavy (non-hydrogen) atoms. The van der Waals surface area contributed by atoms with Gasteiger partial charge >= 0.3 is 0 Å². The molecule has 0 saturated carbocycles. The summed E-state index contributed by atoms with van der Waals surface area (Å²) in [7, 11) is 0. The Bertz CT molecular complexity index is 607. The van der Waals surface area contributed by atoms with Gasteiger partial charge in [0, 0.05) is 23.5 Å². The highest BCUT2D eigenvalue weighted by atomic mass is 79.9. The third-order valence-corrected chi connectivity index (χ3v) is 3.02. The highest BCUT2D eigenvalue weighted by Gasteiger charge is 2.09. The molecule has 0 radical (unpaired) electrons. The summed E-state index contributed by atoms with van der Waals surface area (Å²) in [6.07, 6.45) is 0.679. The lowest BCUT2D eigenvalue weighted by Crippen LogP contribution is -2.04. The number of halogens is 2. The van der Waals surface area contributed by atoms with E-state index in [1.54, 1.807) is 18.2 Å². The molecule has 0 aliphatic rings. The Morgan fingerprint density at radius 1 is 1.25 bits per heavy atom. The van der Waals surface area contributed by atoms with E-state index in [2.05, 4.69) is 31.2 Å². The van der Waals surface area contributed by atoms with Gasteiger partial charge < -0.3 is 10.1 Å². The van der Waals surface area contributed by atoms with Crippen molar-refractivity contribution in [3.05, 3.63) is 40.4 Å². The van der Waals surface area contributed by atoms with E-state index in [4.69, 9.17) is 4.74 Å². The summed E-state index contributed by atoms with van der Waals surface area (Å²) in [5, 5.41) is 3.10. The number of ether oxygens (including phenoxy) is 1. The number of rotatable bonds is 5. The van der Waals surface area contributed by atoms with Gasteiger partial charge in [-0.3, -0.25) is 0 Å². The Morgan fingerprint density at radius 2 is 2.05 bits per heavy atom. The van der Waals surface area contributed by atoms with E-state index in [9.17, 15) is 4.39 Å². The molecule has 1 aromatic carbocycles. The highest BCUT2D eigenvalue weighted by Crippen LogP contribution is 2.26. The minimum Gasteiger partial charge on any atom is -0.436 e. The van der Waals surface area contributed by atoms with Crippen LogP contribution in [-0.4, -0.2) is 16.5 Å². The number of nitrogens with one attached hydrogen (secondary N) is 1. The van der Waals surface area contributed by atoms with E-state index in [0.29, 0.717) is 28.4 Å². The number of nitrogens with zero attached hydrogens (tertiary/aromatic N) is 2. The molecule has 0 spiro atoms. The van der Waals surface area contributed by atoms with E-state index in [1.807, 2.05) is 13.8 Å². The van der Waals surface area contributed by atoms with Crippen LogP contribution in [0.3, 0.4) is 0 Å². The van der Waals surface area contributed by atoms with E-state index >= 15 is 0 Å². The summed E-state index contributed by atoms with van der Waals surface area (Å²) in [5.41, 5.74) is 0. The number of hydrogen-bond acceptors (Lipinski definition) is 4. The van der Waals surface area contributed by atoms with Crippen molar-refractivity contribution >= 4 is 21.7 Å². The van der Waals surface area contributed by atoms with Crippen LogP contribution in [0.15, 0.2) is 28.7 Å². The zero-order chi connectivity index (χ0) is 14.5. The summed E-state index contributed by atoms with van der Waals surface area (Å²) in [6, 6.07) is 6.28. The maximum Gasteiger partial charge on any atom is 0.224 e. The Kier molecular flexibility index (Phi) is 4.89. The van der Waals surface area contributed by atoms with E-state index < -0.39 is 5.82 Å². The van der Waals surface area contributed by atoms with Crippen molar-refractivity contribution in [1.29, 1.82) is 0 Å². The highest BCUT2D eigenvalue weighted by molar-refractivity contribution is 9.10. The molecular formula is C14H15BrFN3O. The van der Waals surface area contributed by atoms with Gasteiger partial charge in [-0.1, -0.05) is 22.9 Å². The lowest BCUT2D eigenvalue weighted by atomic mass is 10.3. The summed E-state index contributed by atoms with van der Waals surface area (Å²) in [5.74, 6) is 1.34. The first kappa shape index (κ1) is 14.7. The van der Waals surface area contributed by atoms with Crippen LogP contribution in [-0.2, 0) is 6.42 Å². The number of hydrogen-bond donors (Lipinski definition) is 1. The Morgan fingerprint density at radius 3 is 2.70 bits per heavy atom. The van der Waals surface area contributed by atoms with Gasteiger partial charge in [-0.2, -0.15) is 4.98 Å². The van der Waals surface area contributed by atoms with Crippen LogP contribution in [0.25, 0.3) is 0 Å². The van der Waals surface area contributed by atoms with Crippen LogP contribution in [0, 0.1) is 5.82 Å². The molecule has 2 rings (SSSR count). The zero-order valence-electron chi connectivity index (χ0n) is 11.3. The second-order valence-electron chi connectivity index (χ2n) is 4.07. The molecule has 0 unspecified atom stereocenters. The van der Waals surface area contributed by atoms with Crippen LogP contribution >= 0.6 is 15.9 Å². The van der Waals surface area contributed by atoms with Gasteiger partial charge in [-0.05, 0) is 25.1 Å². The molecule has 0 aliphatic heterocycles. The fourth-order valence-corrected chi connectivity index (χ4v) is 1.96. The van der Waals surface area contributed by atoms with Gasteiger partial charge in [0.25, 0.3) is 0 Å². The van der Waals surface area contributed by atoms with E-state index in [1.165, 1.54) is 6.07 Å². The van der Waals surface area contributed by atoms with Gasteiger partial charge in [0.15, 0.2) is 11.6 Å². The average molecular weight is 340 g/mol. The van der Waals surface area contributed by atoms with Crippen LogP contribution < -0.4 is 10.1 Å². The Labute approximate surface area is 125 Å². The molecule has 0 fully saturated rings. The van der Waals surface area contributed by atoms with E-state index in [0.717, 1.165) is 6.54 Å². The van der Waals surface area contributed by atoms with Gasteiger partial charge in [-0.15, -0.1) is 0 Å². The standard InChI is InChI=1S/C14H15BrFN3O/c1-3-12-18-13(17-4-2)8-14(19-12)20-11-6-5-9(15)7-10(11)16/h5-8H,3-4H2,1-2H3,(H,17,18,19). The molecule has 0 aliphatic carbocycles. The van der Waals surface area contributed by atoms with Gasteiger partial charge in [0.05, 0.1) is 0 Å². The maximum absolute atomic E-state index is 13.8. The van der Waals surface area contributed by atoms with Crippen LogP contribution in [0.4, 0.5) is 10.2 Å². The quantitative estimate of drug-likeness (QED) is 0.888. The Balaban J connectivity index is 2.29. The maximum atomic E-state index is 13.8. The Hall–Kier alpha value is -1.69. The SMILES string of the molecule is CCNc1cc(Oc2ccc(Br)cc2F)nc(CC)n1. The predicted octanol–water partition coefficient (Wildman–Crippen LogP) is 4.16. The van der Waals surface area contributed by atoms with Crippen LogP contribution in [0.1, 0.15) is 19.7 Å². The summed E-state index contributed by atoms with van der Waals surface area (Å²) >= 11 is 3.21. The van der Waals surface area contributed by atoms with Crippen molar-refractivity contribution in [2.45, 2.75) is 20.3 Å². The molecule has 0 saturated heterocycles. The molecule has 2 aromatic rings. The molecule has 4 nitrogen and oxygen atoms in total. The molecule has 0 bridgehead atoms. The predicted molar refractivity (Wildman–Crippen MR) is 79.7 cm³/mol. The monoisotopic (exact) mass is 339 g/mol. The minimum atomic E-state index is -0.443. The van der Waals surface area contributed by atoms with Crippen LogP contribution in [0.2, 0.25) is 0 Å². The van der Waals surface area contributed by atoms with Crippen molar-refractivity contribution in [3.63, 3.8) is 0 Å². The third-order valence-electron chi connectivity index (χ3n) is 2.53. The fourth-order valence-electron chi connectivity index (χ4n) is 1.63. The van der Waals surface area contributed by atoms with Crippen molar-refractivity contribution < 1.29 is 9.13 Å². The van der Waals surface area contributed by atoms with Gasteiger partial charge in [0.1, 0.15) is 11.6 Å². The summed E-state index contributed by atoms with van der Waals surface area (Å²) < 4.78 is 19.9. The van der Waals surface area contributed by atoms with Crippen molar-refractivity contribution in [1.82, 2.24) is 9.97 Å². The lowest BCUT2D eigenvalue weighted by molar-refractivity contribution is 0.424. The summed E-state index contributed by atoms with van der Waals surface area (Å²) in [4.78, 5) is 8.56. The molecule has 1 N–H and O–H groups in total. The minimum absolute atomic E-state index is 0.136. The van der Waals surface area contributed by atoms with Gasteiger partial charge in [-0.25, -0.2) is 9.37 Å².